The van der Waals surface area contributed by atoms with Gasteiger partial charge in [0, 0.05) is 0 Å². The largest absolute Gasteiger partial charge is 0.465 e. The molecule has 4 heteroatoms. The highest BCUT2D eigenvalue weighted by Crippen LogP contribution is 2.26. The average Bonchev–Trinajstić information content (AvgIpc) is 2.48. The van der Waals surface area contributed by atoms with Crippen LogP contribution in [0.4, 0.5) is 4.79 Å². The van der Waals surface area contributed by atoms with Crippen LogP contribution in [0.2, 0.25) is 0 Å². The van der Waals surface area contributed by atoms with E-state index in [0.29, 0.717) is 0 Å². The number of rotatable bonds is 0. The number of amides is 1. The van der Waals surface area contributed by atoms with Gasteiger partial charge in [-0.25, -0.2) is 4.79 Å². The van der Waals surface area contributed by atoms with E-state index in [-0.39, 0.29) is 6.10 Å². The Morgan fingerprint density at radius 2 is 1.93 bits per heavy atom. The van der Waals surface area contributed by atoms with Crippen molar-refractivity contribution < 1.29 is 15.0 Å². The highest BCUT2D eigenvalue weighted by molar-refractivity contribution is 5.61. The molecule has 14 heavy (non-hydrogen) atoms. The number of aliphatic hydroxyl groups is 1. The van der Waals surface area contributed by atoms with Gasteiger partial charge in [-0.05, 0) is 11.1 Å². The van der Waals surface area contributed by atoms with E-state index < -0.39 is 6.09 Å². The fourth-order valence-corrected chi connectivity index (χ4v) is 1.23. The summed E-state index contributed by atoms with van der Waals surface area (Å²) in [6.07, 6.45) is 2.03. The van der Waals surface area contributed by atoms with Crippen molar-refractivity contribution in [3.63, 3.8) is 0 Å². The lowest BCUT2D eigenvalue weighted by atomic mass is 10.1. The lowest BCUT2D eigenvalue weighted by Crippen LogP contribution is -2.03. The molecular weight excluding hydrogens is 182 g/mol. The normalized spacial score (nSPS) is 16.8. The quantitative estimate of drug-likeness (QED) is 0.581. The van der Waals surface area contributed by atoms with Crippen molar-refractivity contribution in [3.8, 4) is 0 Å². The Morgan fingerprint density at radius 1 is 1.36 bits per heavy atom. The number of benzene rings is 1. The molecular formula is C10H11NO3. The topological polar surface area (TPSA) is 83.6 Å². The third kappa shape index (κ3) is 2.60. The van der Waals surface area contributed by atoms with Gasteiger partial charge in [-0.15, -0.1) is 0 Å². The summed E-state index contributed by atoms with van der Waals surface area (Å²) in [6.45, 7) is 0. The van der Waals surface area contributed by atoms with Crippen molar-refractivity contribution in [2.45, 2.75) is 6.10 Å². The van der Waals surface area contributed by atoms with Gasteiger partial charge >= 0.3 is 6.09 Å². The van der Waals surface area contributed by atoms with Gasteiger partial charge in [0.25, 0.3) is 0 Å². The summed E-state index contributed by atoms with van der Waals surface area (Å²) in [5, 5.41) is 16.5. The summed E-state index contributed by atoms with van der Waals surface area (Å²) < 4.78 is 0. The van der Waals surface area contributed by atoms with Gasteiger partial charge in [0.1, 0.15) is 0 Å². The van der Waals surface area contributed by atoms with Crippen molar-refractivity contribution >= 4 is 12.2 Å². The fourth-order valence-electron chi connectivity index (χ4n) is 1.23. The Bertz CT molecular complexity index is 356. The highest BCUT2D eigenvalue weighted by Gasteiger charge is 2.11. The van der Waals surface area contributed by atoms with Crippen LogP contribution >= 0.6 is 0 Å². The number of primary amides is 1. The lowest BCUT2D eigenvalue weighted by molar-refractivity contribution is 0.205. The molecule has 1 unspecified atom stereocenters. The highest BCUT2D eigenvalue weighted by atomic mass is 16.4. The fraction of sp³-hybridized carbons (Fsp3) is 0.100. The summed E-state index contributed by atoms with van der Waals surface area (Å²) in [5.41, 5.74) is 6.18. The zero-order valence-corrected chi connectivity index (χ0v) is 7.42. The molecule has 1 amide bonds. The van der Waals surface area contributed by atoms with Crippen molar-refractivity contribution in [3.05, 3.63) is 41.5 Å². The molecule has 0 aliphatic heterocycles. The van der Waals surface area contributed by atoms with E-state index in [0.717, 1.165) is 11.1 Å². The molecule has 74 valence electrons. The first-order valence-corrected chi connectivity index (χ1v) is 4.05. The number of hydrogen-bond donors (Lipinski definition) is 3. The summed E-state index contributed by atoms with van der Waals surface area (Å²) in [7, 11) is 0. The maximum absolute atomic E-state index is 9.29. The summed E-state index contributed by atoms with van der Waals surface area (Å²) in [6, 6.07) is 7.86. The minimum atomic E-state index is -1.33. The molecule has 4 nitrogen and oxygen atoms in total. The second-order valence-corrected chi connectivity index (χ2v) is 2.77. The van der Waals surface area contributed by atoms with E-state index >= 15 is 0 Å². The minimum absolute atomic E-state index is 0.379. The standard InChI is InChI=1S/C9H8O.CH3NO2/c10-9-6-5-7-3-1-2-4-8(7)9;2-1(3)4/h1-6,9-10H;2H2,(H,3,4). The molecule has 0 radical (unpaired) electrons. The number of fused-ring (bicyclic) bond motifs is 1. The molecule has 0 aromatic heterocycles. The lowest BCUT2D eigenvalue weighted by Gasteiger charge is -2.00. The minimum Gasteiger partial charge on any atom is -0.465 e. The van der Waals surface area contributed by atoms with E-state index in [1.54, 1.807) is 6.08 Å². The zero-order chi connectivity index (χ0) is 10.6. The first-order chi connectivity index (χ1) is 6.61. The second kappa shape index (κ2) is 4.43. The molecule has 0 fully saturated rings. The third-order valence-corrected chi connectivity index (χ3v) is 1.77. The number of carboxylic acid groups (broad SMARTS) is 1. The van der Waals surface area contributed by atoms with Crippen molar-refractivity contribution in [1.82, 2.24) is 0 Å². The van der Waals surface area contributed by atoms with Crippen LogP contribution in [0.1, 0.15) is 17.2 Å². The molecule has 0 spiro atoms. The summed E-state index contributed by atoms with van der Waals surface area (Å²) in [4.78, 5) is 8.78. The molecule has 1 aromatic carbocycles. The van der Waals surface area contributed by atoms with E-state index in [4.69, 9.17) is 9.90 Å². The van der Waals surface area contributed by atoms with Gasteiger partial charge in [-0.3, -0.25) is 0 Å². The van der Waals surface area contributed by atoms with Crippen molar-refractivity contribution in [1.29, 1.82) is 0 Å². The van der Waals surface area contributed by atoms with Gasteiger partial charge in [-0.1, -0.05) is 36.4 Å². The van der Waals surface area contributed by atoms with Gasteiger partial charge in [0.2, 0.25) is 0 Å². The van der Waals surface area contributed by atoms with E-state index in [9.17, 15) is 5.11 Å². The van der Waals surface area contributed by atoms with Crippen LogP contribution in [-0.4, -0.2) is 16.3 Å². The Morgan fingerprint density at radius 3 is 2.50 bits per heavy atom. The Kier molecular flexibility index (Phi) is 3.25. The third-order valence-electron chi connectivity index (χ3n) is 1.77. The first-order valence-electron chi connectivity index (χ1n) is 4.05. The maximum atomic E-state index is 9.29. The van der Waals surface area contributed by atoms with Crippen molar-refractivity contribution in [2.75, 3.05) is 0 Å². The first kappa shape index (κ1) is 10.3. The summed E-state index contributed by atoms with van der Waals surface area (Å²) >= 11 is 0. The number of carbonyl (C=O) groups is 1. The number of aliphatic hydroxyl groups excluding tert-OH is 1. The van der Waals surface area contributed by atoms with Crippen LogP contribution < -0.4 is 5.73 Å². The summed E-state index contributed by atoms with van der Waals surface area (Å²) in [5.74, 6) is 0. The van der Waals surface area contributed by atoms with Crippen LogP contribution in [0, 0.1) is 0 Å². The zero-order valence-electron chi connectivity index (χ0n) is 7.42. The smallest absolute Gasteiger partial charge is 0.402 e. The van der Waals surface area contributed by atoms with Crippen LogP contribution in [0.25, 0.3) is 6.08 Å². The molecule has 4 N–H and O–H groups in total. The van der Waals surface area contributed by atoms with Crippen LogP contribution in [0.3, 0.4) is 0 Å². The second-order valence-electron chi connectivity index (χ2n) is 2.77. The van der Waals surface area contributed by atoms with Gasteiger partial charge in [-0.2, -0.15) is 0 Å². The van der Waals surface area contributed by atoms with Gasteiger partial charge < -0.3 is 15.9 Å². The van der Waals surface area contributed by atoms with Crippen LogP contribution in [0.15, 0.2) is 30.3 Å². The Balaban J connectivity index is 0.000000213. The van der Waals surface area contributed by atoms with Gasteiger partial charge in [0.15, 0.2) is 0 Å². The molecule has 1 aliphatic rings. The monoisotopic (exact) mass is 193 g/mol. The average molecular weight is 193 g/mol. The van der Waals surface area contributed by atoms with Crippen LogP contribution in [-0.2, 0) is 0 Å². The van der Waals surface area contributed by atoms with E-state index in [2.05, 4.69) is 5.73 Å². The molecule has 1 atom stereocenters. The predicted octanol–water partition coefficient (Wildman–Crippen LogP) is 1.37. The van der Waals surface area contributed by atoms with Crippen molar-refractivity contribution in [2.24, 2.45) is 5.73 Å². The van der Waals surface area contributed by atoms with Gasteiger partial charge in [0.05, 0.1) is 6.10 Å². The predicted molar refractivity (Wildman–Crippen MR) is 52.6 cm³/mol. The Labute approximate surface area is 81.3 Å². The number of hydrogen-bond acceptors (Lipinski definition) is 2. The number of nitrogens with two attached hydrogens (primary N) is 1. The molecule has 0 heterocycles. The molecule has 0 saturated heterocycles. The molecule has 0 saturated carbocycles. The Hall–Kier alpha value is -1.81. The molecule has 1 aromatic rings. The SMILES string of the molecule is NC(=O)O.OC1C=Cc2ccccc21. The van der Waals surface area contributed by atoms with Crippen LogP contribution in [0.5, 0.6) is 0 Å². The molecule has 2 rings (SSSR count). The van der Waals surface area contributed by atoms with E-state index in [1.165, 1.54) is 0 Å². The molecule has 0 bridgehead atoms. The molecule has 1 aliphatic carbocycles. The maximum Gasteiger partial charge on any atom is 0.402 e. The van der Waals surface area contributed by atoms with E-state index in [1.807, 2.05) is 30.3 Å².